The lowest BCUT2D eigenvalue weighted by Gasteiger charge is -2.15. The van der Waals surface area contributed by atoms with Gasteiger partial charge in [-0.1, -0.05) is 42.5 Å². The quantitative estimate of drug-likeness (QED) is 0.741. The zero-order valence-corrected chi connectivity index (χ0v) is 10.6. The summed E-state index contributed by atoms with van der Waals surface area (Å²) in [6.07, 6.45) is 6.53. The van der Waals surface area contributed by atoms with Crippen LogP contribution in [0.25, 0.3) is 0 Å². The van der Waals surface area contributed by atoms with Gasteiger partial charge in [-0.15, -0.1) is 0 Å². The molecule has 0 bridgehead atoms. The van der Waals surface area contributed by atoms with Gasteiger partial charge < -0.3 is 9.47 Å². The average Bonchev–Trinajstić information content (AvgIpc) is 2.66. The molecule has 1 aromatic rings. The second-order valence-electron chi connectivity index (χ2n) is 4.82. The second-order valence-corrected chi connectivity index (χ2v) is 4.82. The molecule has 0 N–H and O–H groups in total. The van der Waals surface area contributed by atoms with Crippen molar-refractivity contribution in [2.45, 2.75) is 38.6 Å². The van der Waals surface area contributed by atoms with Crippen LogP contribution >= 0.6 is 0 Å². The molecule has 17 heavy (non-hydrogen) atoms. The Kier molecular flexibility index (Phi) is 3.97. The molecule has 1 unspecified atom stereocenters. The summed E-state index contributed by atoms with van der Waals surface area (Å²) in [7, 11) is 0. The molecule has 1 aromatic carbocycles. The molecule has 1 heterocycles. The van der Waals surface area contributed by atoms with Crippen molar-refractivity contribution in [2.24, 2.45) is 0 Å². The summed E-state index contributed by atoms with van der Waals surface area (Å²) < 4.78 is 11.2. The molecule has 1 aliphatic rings. The smallest absolute Gasteiger partial charge is 0.163 e. The predicted octanol–water partition coefficient (Wildman–Crippen LogP) is 3.33. The Labute approximate surface area is 103 Å². The maximum Gasteiger partial charge on any atom is 0.163 e. The topological polar surface area (TPSA) is 18.5 Å². The van der Waals surface area contributed by atoms with Crippen LogP contribution in [0.5, 0.6) is 0 Å². The van der Waals surface area contributed by atoms with Gasteiger partial charge in [0.15, 0.2) is 5.79 Å². The van der Waals surface area contributed by atoms with E-state index in [9.17, 15) is 0 Å². The van der Waals surface area contributed by atoms with Gasteiger partial charge in [-0.2, -0.15) is 0 Å². The molecule has 1 atom stereocenters. The van der Waals surface area contributed by atoms with Gasteiger partial charge in [0.25, 0.3) is 0 Å². The van der Waals surface area contributed by atoms with Crippen LogP contribution in [0.1, 0.15) is 25.8 Å². The number of rotatable bonds is 4. The molecule has 0 amide bonds. The lowest BCUT2D eigenvalue weighted by Crippen LogP contribution is -2.20. The molecule has 0 spiro atoms. The third-order valence-corrected chi connectivity index (χ3v) is 2.82. The zero-order valence-electron chi connectivity index (χ0n) is 10.6. The number of benzene rings is 1. The molecule has 0 aliphatic carbocycles. The first-order valence-corrected chi connectivity index (χ1v) is 6.18. The van der Waals surface area contributed by atoms with E-state index < -0.39 is 5.79 Å². The van der Waals surface area contributed by atoms with Crippen molar-refractivity contribution >= 4 is 0 Å². The Morgan fingerprint density at radius 2 is 2.06 bits per heavy atom. The Bertz CT molecular complexity index is 368. The minimum absolute atomic E-state index is 0.112. The van der Waals surface area contributed by atoms with Gasteiger partial charge in [-0.25, -0.2) is 0 Å². The van der Waals surface area contributed by atoms with E-state index in [1.807, 2.05) is 19.9 Å². The van der Waals surface area contributed by atoms with Gasteiger partial charge >= 0.3 is 0 Å². The maximum absolute atomic E-state index is 5.69. The highest BCUT2D eigenvalue weighted by molar-refractivity contribution is 5.15. The number of allylic oxidation sites excluding steroid dienone is 1. The van der Waals surface area contributed by atoms with E-state index in [2.05, 4.69) is 36.4 Å². The van der Waals surface area contributed by atoms with Crippen LogP contribution in [0.3, 0.4) is 0 Å². The minimum Gasteiger partial charge on any atom is -0.347 e. The third-order valence-electron chi connectivity index (χ3n) is 2.82. The van der Waals surface area contributed by atoms with Gasteiger partial charge in [0.1, 0.15) is 6.10 Å². The highest BCUT2D eigenvalue weighted by Gasteiger charge is 2.30. The van der Waals surface area contributed by atoms with Gasteiger partial charge in [0.05, 0.1) is 6.61 Å². The number of aryl methyl sites for hydroxylation is 1. The van der Waals surface area contributed by atoms with Crippen LogP contribution in [-0.4, -0.2) is 18.5 Å². The monoisotopic (exact) mass is 232 g/mol. The van der Waals surface area contributed by atoms with Crippen LogP contribution < -0.4 is 0 Å². The lowest BCUT2D eigenvalue weighted by atomic mass is 10.1. The Morgan fingerprint density at radius 3 is 2.71 bits per heavy atom. The predicted molar refractivity (Wildman–Crippen MR) is 68.8 cm³/mol. The minimum atomic E-state index is -0.422. The SMILES string of the molecule is CC1(C)OCC(/C=C\CCc2ccccc2)O1. The fourth-order valence-corrected chi connectivity index (χ4v) is 1.95. The summed E-state index contributed by atoms with van der Waals surface area (Å²) in [5.41, 5.74) is 1.38. The van der Waals surface area contributed by atoms with Crippen molar-refractivity contribution in [3.63, 3.8) is 0 Å². The summed E-state index contributed by atoms with van der Waals surface area (Å²) in [5.74, 6) is -0.422. The maximum atomic E-state index is 5.69. The van der Waals surface area contributed by atoms with Crippen molar-refractivity contribution < 1.29 is 9.47 Å². The Balaban J connectivity index is 1.72. The Hall–Kier alpha value is -1.12. The third kappa shape index (κ3) is 3.99. The van der Waals surface area contributed by atoms with E-state index in [0.29, 0.717) is 6.61 Å². The molecule has 1 fully saturated rings. The first kappa shape index (κ1) is 12.3. The average molecular weight is 232 g/mol. The van der Waals surface area contributed by atoms with Crippen molar-refractivity contribution in [2.75, 3.05) is 6.61 Å². The standard InChI is InChI=1S/C15H20O2/c1-15(2)16-12-14(17-15)11-7-6-10-13-8-4-3-5-9-13/h3-5,7-9,11,14H,6,10,12H2,1-2H3/b11-7-. The number of hydrogen-bond acceptors (Lipinski definition) is 2. The van der Waals surface area contributed by atoms with E-state index in [0.717, 1.165) is 12.8 Å². The first-order valence-electron chi connectivity index (χ1n) is 6.18. The van der Waals surface area contributed by atoms with E-state index >= 15 is 0 Å². The molecule has 0 saturated carbocycles. The summed E-state index contributed by atoms with van der Waals surface area (Å²) in [6.45, 7) is 4.56. The van der Waals surface area contributed by atoms with Crippen LogP contribution in [0, 0.1) is 0 Å². The lowest BCUT2D eigenvalue weighted by molar-refractivity contribution is -0.133. The van der Waals surface area contributed by atoms with E-state index in [1.165, 1.54) is 5.56 Å². The van der Waals surface area contributed by atoms with Crippen molar-refractivity contribution in [3.8, 4) is 0 Å². The van der Waals surface area contributed by atoms with E-state index in [-0.39, 0.29) is 6.10 Å². The van der Waals surface area contributed by atoms with E-state index in [4.69, 9.17) is 9.47 Å². The summed E-state index contributed by atoms with van der Waals surface area (Å²) in [6, 6.07) is 10.5. The summed E-state index contributed by atoms with van der Waals surface area (Å²) in [5, 5.41) is 0. The van der Waals surface area contributed by atoms with Crippen LogP contribution in [0.4, 0.5) is 0 Å². The fraction of sp³-hybridized carbons (Fsp3) is 0.467. The number of ether oxygens (including phenoxy) is 2. The van der Waals surface area contributed by atoms with Crippen molar-refractivity contribution in [1.82, 2.24) is 0 Å². The molecule has 0 aromatic heterocycles. The molecule has 1 aliphatic heterocycles. The molecular formula is C15H20O2. The van der Waals surface area contributed by atoms with Gasteiger partial charge in [-0.3, -0.25) is 0 Å². The summed E-state index contributed by atoms with van der Waals surface area (Å²) in [4.78, 5) is 0. The summed E-state index contributed by atoms with van der Waals surface area (Å²) >= 11 is 0. The zero-order chi connectivity index (χ0) is 12.1. The molecule has 92 valence electrons. The molecule has 2 nitrogen and oxygen atoms in total. The normalized spacial score (nSPS) is 23.3. The van der Waals surface area contributed by atoms with Gasteiger partial charge in [-0.05, 0) is 32.3 Å². The van der Waals surface area contributed by atoms with Crippen LogP contribution in [0.2, 0.25) is 0 Å². The molecule has 2 heteroatoms. The van der Waals surface area contributed by atoms with Crippen LogP contribution in [-0.2, 0) is 15.9 Å². The second kappa shape index (κ2) is 5.48. The fourth-order valence-electron chi connectivity index (χ4n) is 1.95. The van der Waals surface area contributed by atoms with Gasteiger partial charge in [0, 0.05) is 0 Å². The highest BCUT2D eigenvalue weighted by atomic mass is 16.7. The molecule has 1 saturated heterocycles. The molecule has 0 radical (unpaired) electrons. The number of hydrogen-bond donors (Lipinski definition) is 0. The van der Waals surface area contributed by atoms with Gasteiger partial charge in [0.2, 0.25) is 0 Å². The largest absolute Gasteiger partial charge is 0.347 e. The van der Waals surface area contributed by atoms with Crippen molar-refractivity contribution in [1.29, 1.82) is 0 Å². The molecular weight excluding hydrogens is 212 g/mol. The van der Waals surface area contributed by atoms with E-state index in [1.54, 1.807) is 0 Å². The first-order chi connectivity index (χ1) is 8.16. The highest BCUT2D eigenvalue weighted by Crippen LogP contribution is 2.22. The Morgan fingerprint density at radius 1 is 1.29 bits per heavy atom. The van der Waals surface area contributed by atoms with Crippen molar-refractivity contribution in [3.05, 3.63) is 48.0 Å². The molecule has 2 rings (SSSR count). The van der Waals surface area contributed by atoms with Crippen LogP contribution in [0.15, 0.2) is 42.5 Å².